The van der Waals surface area contributed by atoms with Crippen LogP contribution in [0.25, 0.3) is 21.7 Å². The fourth-order valence-electron chi connectivity index (χ4n) is 4.22. The van der Waals surface area contributed by atoms with Crippen molar-refractivity contribution in [2.75, 3.05) is 0 Å². The summed E-state index contributed by atoms with van der Waals surface area (Å²) in [7, 11) is 0. The van der Waals surface area contributed by atoms with Crippen LogP contribution in [0.15, 0.2) is 97.7 Å². The molecule has 0 N–H and O–H groups in total. The Bertz CT molecular complexity index is 1690. The highest BCUT2D eigenvalue weighted by atomic mass is 79.9. The van der Waals surface area contributed by atoms with E-state index in [9.17, 15) is 4.79 Å². The number of hydrogen-bond acceptors (Lipinski definition) is 4. The molecule has 5 rings (SSSR count). The molecule has 0 amide bonds. The summed E-state index contributed by atoms with van der Waals surface area (Å²) in [6.07, 6.45) is 2.50. The molecule has 0 aliphatic heterocycles. The third-order valence-electron chi connectivity index (χ3n) is 6.43. The van der Waals surface area contributed by atoms with Gasteiger partial charge in [0, 0.05) is 20.4 Å². The fourth-order valence-corrected chi connectivity index (χ4v) is 4.96. The maximum atomic E-state index is 13.5. The lowest BCUT2D eigenvalue weighted by Crippen LogP contribution is -2.23. The van der Waals surface area contributed by atoms with Gasteiger partial charge in [-0.05, 0) is 59.2 Å². The average Bonchev–Trinajstić information content (AvgIpc) is 2.91. The number of benzene rings is 4. The molecule has 7 heteroatoms. The second-order valence-corrected chi connectivity index (χ2v) is 10.7. The molecule has 0 radical (unpaired) electrons. The van der Waals surface area contributed by atoms with E-state index in [-0.39, 0.29) is 11.5 Å². The highest BCUT2D eigenvalue weighted by molar-refractivity contribution is 9.10. The normalized spacial score (nSPS) is 12.4. The van der Waals surface area contributed by atoms with Crippen molar-refractivity contribution >= 4 is 59.7 Å². The molecular weight excluding hydrogens is 594 g/mol. The first kappa shape index (κ1) is 25.4. The molecule has 1 heterocycles. The molecule has 0 unspecified atom stereocenters. The van der Waals surface area contributed by atoms with E-state index in [0.29, 0.717) is 29.1 Å². The molecule has 5 nitrogen and oxygen atoms in total. The number of halogens is 2. The Balaban J connectivity index is 1.53. The van der Waals surface area contributed by atoms with Gasteiger partial charge in [0.05, 0.1) is 17.1 Å². The van der Waals surface area contributed by atoms with Crippen molar-refractivity contribution in [1.29, 1.82) is 0 Å². The molecule has 186 valence electrons. The first-order chi connectivity index (χ1) is 17.9. The second kappa shape index (κ2) is 11.0. The first-order valence-electron chi connectivity index (χ1n) is 12.1. The Morgan fingerprint density at radius 3 is 2.57 bits per heavy atom. The summed E-state index contributed by atoms with van der Waals surface area (Å²) in [4.78, 5) is 18.3. The van der Waals surface area contributed by atoms with Crippen LogP contribution in [0, 0.1) is 0 Å². The van der Waals surface area contributed by atoms with E-state index in [1.54, 1.807) is 12.3 Å². The topological polar surface area (TPSA) is 56.5 Å². The fraction of sp³-hybridized carbons (Fsp3) is 0.167. The van der Waals surface area contributed by atoms with Crippen molar-refractivity contribution in [2.45, 2.75) is 32.8 Å². The highest BCUT2D eigenvalue weighted by Crippen LogP contribution is 2.26. The summed E-state index contributed by atoms with van der Waals surface area (Å²) in [6.45, 7) is 4.54. The van der Waals surface area contributed by atoms with Gasteiger partial charge in [0.1, 0.15) is 18.2 Å². The van der Waals surface area contributed by atoms with E-state index >= 15 is 0 Å². The first-order valence-corrected chi connectivity index (χ1v) is 13.7. The standard InChI is InChI=1S/C30H25Br2N3O2/c1-3-19(2)29-34-27-13-11-24(32)16-26(27)30(36)35(29)33-17-22-15-23(31)12-14-28(22)37-18-21-9-6-8-20-7-4-5-10-25(20)21/h4-17,19H,3,18H2,1-2H3/t19-/m1/s1. The number of nitrogens with zero attached hydrogens (tertiary/aromatic N) is 3. The van der Waals surface area contributed by atoms with Gasteiger partial charge in [-0.3, -0.25) is 4.79 Å². The van der Waals surface area contributed by atoms with E-state index < -0.39 is 0 Å². The SMILES string of the molecule is CC[C@@H](C)c1nc2ccc(Br)cc2c(=O)n1N=Cc1cc(Br)ccc1OCc1cccc2ccccc12. The van der Waals surface area contributed by atoms with Crippen molar-refractivity contribution in [3.8, 4) is 5.75 Å². The third kappa shape index (κ3) is 5.38. The predicted molar refractivity (Wildman–Crippen MR) is 158 cm³/mol. The summed E-state index contributed by atoms with van der Waals surface area (Å²) >= 11 is 7.01. The van der Waals surface area contributed by atoms with Crippen LogP contribution in [0.4, 0.5) is 0 Å². The zero-order chi connectivity index (χ0) is 25.9. The van der Waals surface area contributed by atoms with Gasteiger partial charge in [-0.1, -0.05) is 88.2 Å². The predicted octanol–water partition coefficient (Wildman–Crippen LogP) is 8.05. The van der Waals surface area contributed by atoms with Crippen molar-refractivity contribution in [1.82, 2.24) is 9.66 Å². The monoisotopic (exact) mass is 617 g/mol. The molecule has 5 aromatic rings. The van der Waals surface area contributed by atoms with Crippen molar-refractivity contribution < 1.29 is 4.74 Å². The number of rotatable bonds is 7. The molecule has 37 heavy (non-hydrogen) atoms. The maximum Gasteiger partial charge on any atom is 0.282 e. The molecule has 0 spiro atoms. The van der Waals surface area contributed by atoms with E-state index in [2.05, 4.69) is 75.1 Å². The van der Waals surface area contributed by atoms with Crippen LogP contribution in [0.2, 0.25) is 0 Å². The van der Waals surface area contributed by atoms with Gasteiger partial charge in [-0.25, -0.2) is 4.98 Å². The quantitative estimate of drug-likeness (QED) is 0.173. The molecular formula is C30H25Br2N3O2. The lowest BCUT2D eigenvalue weighted by atomic mass is 10.1. The Morgan fingerprint density at radius 2 is 1.73 bits per heavy atom. The summed E-state index contributed by atoms with van der Waals surface area (Å²) in [6, 6.07) is 25.8. The van der Waals surface area contributed by atoms with Crippen LogP contribution in [0.5, 0.6) is 5.75 Å². The molecule has 1 aromatic heterocycles. The highest BCUT2D eigenvalue weighted by Gasteiger charge is 2.16. The smallest absolute Gasteiger partial charge is 0.282 e. The lowest BCUT2D eigenvalue weighted by Gasteiger charge is -2.14. The Kier molecular flexibility index (Phi) is 7.53. The van der Waals surface area contributed by atoms with Crippen LogP contribution < -0.4 is 10.3 Å². The van der Waals surface area contributed by atoms with Gasteiger partial charge in [-0.15, -0.1) is 0 Å². The summed E-state index contributed by atoms with van der Waals surface area (Å²) in [5, 5.41) is 7.48. The molecule has 0 saturated carbocycles. The lowest BCUT2D eigenvalue weighted by molar-refractivity contribution is 0.307. The number of fused-ring (bicyclic) bond motifs is 2. The largest absolute Gasteiger partial charge is 0.488 e. The second-order valence-electron chi connectivity index (χ2n) is 8.91. The minimum absolute atomic E-state index is 0.0579. The minimum Gasteiger partial charge on any atom is -0.488 e. The van der Waals surface area contributed by atoms with Gasteiger partial charge in [-0.2, -0.15) is 9.78 Å². The van der Waals surface area contributed by atoms with E-state index in [1.165, 1.54) is 10.1 Å². The molecule has 0 aliphatic rings. The van der Waals surface area contributed by atoms with E-state index in [0.717, 1.165) is 31.9 Å². The Morgan fingerprint density at radius 1 is 0.973 bits per heavy atom. The maximum absolute atomic E-state index is 13.5. The molecule has 0 saturated heterocycles. The zero-order valence-corrected chi connectivity index (χ0v) is 23.7. The van der Waals surface area contributed by atoms with E-state index in [4.69, 9.17) is 9.72 Å². The number of aromatic nitrogens is 2. The molecule has 1 atom stereocenters. The third-order valence-corrected chi connectivity index (χ3v) is 7.42. The zero-order valence-electron chi connectivity index (χ0n) is 20.5. The van der Waals surface area contributed by atoms with Gasteiger partial charge in [0.25, 0.3) is 5.56 Å². The number of ether oxygens (including phenoxy) is 1. The van der Waals surface area contributed by atoms with Crippen LogP contribution in [0.1, 0.15) is 43.1 Å². The summed E-state index contributed by atoms with van der Waals surface area (Å²) < 4.78 is 9.39. The van der Waals surface area contributed by atoms with Crippen molar-refractivity contribution in [3.63, 3.8) is 0 Å². The van der Waals surface area contributed by atoms with Gasteiger partial charge >= 0.3 is 0 Å². The Hall–Kier alpha value is -3.29. The molecule has 0 bridgehead atoms. The minimum atomic E-state index is -0.203. The Labute approximate surface area is 232 Å². The summed E-state index contributed by atoms with van der Waals surface area (Å²) in [5.74, 6) is 1.36. The van der Waals surface area contributed by atoms with Gasteiger partial charge in [0.2, 0.25) is 0 Å². The average molecular weight is 619 g/mol. The van der Waals surface area contributed by atoms with E-state index in [1.807, 2.05) is 48.5 Å². The van der Waals surface area contributed by atoms with Crippen molar-refractivity contribution in [2.24, 2.45) is 5.10 Å². The van der Waals surface area contributed by atoms with Crippen LogP contribution in [0.3, 0.4) is 0 Å². The van der Waals surface area contributed by atoms with Crippen molar-refractivity contribution in [3.05, 3.63) is 115 Å². The van der Waals surface area contributed by atoms with Gasteiger partial charge < -0.3 is 4.74 Å². The van der Waals surface area contributed by atoms with Gasteiger partial charge in [0.15, 0.2) is 0 Å². The molecule has 0 fully saturated rings. The van der Waals surface area contributed by atoms with Crippen LogP contribution in [-0.2, 0) is 6.61 Å². The molecule has 4 aromatic carbocycles. The molecule has 0 aliphatic carbocycles. The van der Waals surface area contributed by atoms with Crippen LogP contribution >= 0.6 is 31.9 Å². The van der Waals surface area contributed by atoms with Crippen LogP contribution in [-0.4, -0.2) is 15.9 Å². The number of hydrogen-bond donors (Lipinski definition) is 0. The summed E-state index contributed by atoms with van der Waals surface area (Å²) in [5.41, 5.74) is 2.32.